The van der Waals surface area contributed by atoms with Gasteiger partial charge < -0.3 is 0 Å². The van der Waals surface area contributed by atoms with E-state index in [1.54, 1.807) is 4.08 Å². The Morgan fingerprint density at radius 3 is 3.06 bits per heavy atom. The van der Waals surface area contributed by atoms with Crippen LogP contribution in [-0.4, -0.2) is 26.8 Å². The molecular formula is C12H17FI2NO-. The topological polar surface area (TPSA) is 32.3 Å². The molecule has 2 aliphatic heterocycles. The van der Waals surface area contributed by atoms with Crippen molar-refractivity contribution in [2.75, 3.05) is 0 Å². The Balaban J connectivity index is 2.10. The third-order valence-electron chi connectivity index (χ3n) is 3.04. The van der Waals surface area contributed by atoms with E-state index in [9.17, 15) is 9.50 Å². The van der Waals surface area contributed by atoms with Crippen molar-refractivity contribution >= 4 is 20.8 Å². The molecule has 0 unspecified atom stereocenters. The van der Waals surface area contributed by atoms with Crippen LogP contribution < -0.4 is 22.5 Å². The summed E-state index contributed by atoms with van der Waals surface area (Å²) in [7, 11) is 0. The van der Waals surface area contributed by atoms with Crippen molar-refractivity contribution in [3.8, 4) is 0 Å². The number of hydrogen-bond donors (Lipinski definition) is 2. The van der Waals surface area contributed by atoms with Crippen LogP contribution in [0.4, 0.5) is 4.39 Å². The Morgan fingerprint density at radius 1 is 1.65 bits per heavy atom. The fraction of sp³-hybridized carbons (Fsp3) is 0.583. The summed E-state index contributed by atoms with van der Waals surface area (Å²) in [6, 6.07) is 0.0700. The maximum absolute atomic E-state index is 13.4. The molecule has 2 rings (SSSR count). The molecule has 0 aromatic rings. The average Bonchev–Trinajstić information content (AvgIpc) is 2.48. The van der Waals surface area contributed by atoms with Crippen LogP contribution in [0.3, 0.4) is 0 Å². The molecule has 0 aliphatic carbocycles. The van der Waals surface area contributed by atoms with Gasteiger partial charge in [0.15, 0.2) is 0 Å². The van der Waals surface area contributed by atoms with Gasteiger partial charge in [-0.25, -0.2) is 0 Å². The maximum atomic E-state index is 13.4. The van der Waals surface area contributed by atoms with Crippen molar-refractivity contribution in [1.29, 1.82) is 0 Å². The van der Waals surface area contributed by atoms with Crippen LogP contribution in [0.5, 0.6) is 0 Å². The molecule has 2 aliphatic rings. The van der Waals surface area contributed by atoms with Crippen molar-refractivity contribution in [2.24, 2.45) is 0 Å². The molecule has 2 nitrogen and oxygen atoms in total. The van der Waals surface area contributed by atoms with E-state index in [0.717, 1.165) is 18.4 Å². The summed E-state index contributed by atoms with van der Waals surface area (Å²) in [5, 5.41) is 13.8. The summed E-state index contributed by atoms with van der Waals surface area (Å²) < 4.78 is 17.2. The van der Waals surface area contributed by atoms with Crippen LogP contribution in [0, 0.1) is 0 Å². The third-order valence-corrected chi connectivity index (χ3v) is 10.1. The Labute approximate surface area is 118 Å². The van der Waals surface area contributed by atoms with E-state index in [1.807, 2.05) is 0 Å². The predicted octanol–water partition coefficient (Wildman–Crippen LogP) is -0.594. The molecule has 0 aromatic carbocycles. The first-order chi connectivity index (χ1) is 7.98. The number of halogens is 3. The van der Waals surface area contributed by atoms with Crippen LogP contribution in [0.1, 0.15) is 26.7 Å². The molecule has 5 heteroatoms. The van der Waals surface area contributed by atoms with Gasteiger partial charge in [0, 0.05) is 0 Å². The molecule has 0 spiro atoms. The fourth-order valence-electron chi connectivity index (χ4n) is 2.14. The quantitative estimate of drug-likeness (QED) is 0.536. The number of allylic oxidation sites excluding steroid dienone is 2. The fourth-order valence-corrected chi connectivity index (χ4v) is 8.79. The number of aliphatic hydroxyl groups excluding tert-OH is 1. The van der Waals surface area contributed by atoms with Crippen LogP contribution in [-0.2, 0) is 0 Å². The summed E-state index contributed by atoms with van der Waals surface area (Å²) in [6.45, 7) is 4.29. The predicted molar refractivity (Wildman–Crippen MR) is 73.6 cm³/mol. The second-order valence-corrected chi connectivity index (χ2v) is 13.5. The minimum atomic E-state index is -0.558. The molecule has 2 atom stereocenters. The summed E-state index contributed by atoms with van der Waals surface area (Å²) in [6.07, 6.45) is 2.97. The molecular weight excluding hydrogens is 447 g/mol. The van der Waals surface area contributed by atoms with E-state index in [-0.39, 0.29) is 51.4 Å². The first kappa shape index (κ1) is 14.1. The second-order valence-electron chi connectivity index (χ2n) is 5.03. The molecule has 17 heavy (non-hydrogen) atoms. The normalized spacial score (nSPS) is 30.5. The molecule has 1 saturated heterocycles. The molecule has 2 N–H and O–H groups in total. The summed E-state index contributed by atoms with van der Waals surface area (Å²) in [5.41, 5.74) is 0.881. The van der Waals surface area contributed by atoms with Crippen molar-refractivity contribution < 1.29 is 26.7 Å². The zero-order chi connectivity index (χ0) is 12.5. The van der Waals surface area contributed by atoms with Gasteiger partial charge in [-0.05, 0) is 0 Å². The van der Waals surface area contributed by atoms with Gasteiger partial charge in [-0.3, -0.25) is 0 Å². The molecule has 2 heterocycles. The molecule has 98 valence electrons. The Bertz CT molecular complexity index is 390. The molecule has 0 radical (unpaired) electrons. The van der Waals surface area contributed by atoms with Crippen molar-refractivity contribution in [2.45, 2.75) is 44.4 Å². The molecule has 0 bridgehead atoms. The average molecular weight is 464 g/mol. The van der Waals surface area contributed by atoms with Crippen LogP contribution in [0.15, 0.2) is 21.6 Å². The first-order valence-corrected chi connectivity index (χ1v) is 14.4. The monoisotopic (exact) mass is 464 g/mol. The number of aliphatic hydroxyl groups is 1. The van der Waals surface area contributed by atoms with Gasteiger partial charge in [-0.15, -0.1) is 0 Å². The van der Waals surface area contributed by atoms with Crippen LogP contribution in [0.25, 0.3) is 0 Å². The van der Waals surface area contributed by atoms with Crippen molar-refractivity contribution in [1.82, 2.24) is 5.32 Å². The van der Waals surface area contributed by atoms with E-state index in [2.05, 4.69) is 23.2 Å². The Hall–Kier alpha value is 0.660. The van der Waals surface area contributed by atoms with Gasteiger partial charge in [-0.1, -0.05) is 0 Å². The molecule has 1 fully saturated rings. The van der Waals surface area contributed by atoms with Crippen LogP contribution in [0.2, 0.25) is 0 Å². The zero-order valence-corrected chi connectivity index (χ0v) is 14.2. The van der Waals surface area contributed by atoms with Crippen LogP contribution >= 0.6 is 16.8 Å². The number of hydrogen-bond acceptors (Lipinski definition) is 2. The van der Waals surface area contributed by atoms with Gasteiger partial charge in [0.2, 0.25) is 0 Å². The minimum absolute atomic E-state index is 0.0412. The van der Waals surface area contributed by atoms with Gasteiger partial charge in [0.25, 0.3) is 0 Å². The number of rotatable bonds is 2. The standard InChI is InChI=1S/C12H17FI2NO/c1-12(2)4-3-10(16-12)11(17)8-5-9(13)7-15-14-6-8/h5-7,10-11,16-17H,3-4H2,1-2H3/q-1/t10-,11-/m1/s1. The summed E-state index contributed by atoms with van der Waals surface area (Å²) in [5.74, 6) is -0.155. The summed E-state index contributed by atoms with van der Waals surface area (Å²) >= 11 is -0.146. The second kappa shape index (κ2) is 5.75. The van der Waals surface area contributed by atoms with Gasteiger partial charge >= 0.3 is 119 Å². The van der Waals surface area contributed by atoms with E-state index < -0.39 is 6.10 Å². The SMILES string of the molecule is CC1(C)CC[C@H]([C@H](O)C2=CC(F)=C[I-]I=C2)N1. The summed E-state index contributed by atoms with van der Waals surface area (Å²) in [4.78, 5) is 0. The molecule has 0 aromatic heterocycles. The van der Waals surface area contributed by atoms with Gasteiger partial charge in [-0.2, -0.15) is 0 Å². The Morgan fingerprint density at radius 2 is 2.41 bits per heavy atom. The molecule has 0 saturated carbocycles. The van der Waals surface area contributed by atoms with E-state index >= 15 is 0 Å². The van der Waals surface area contributed by atoms with E-state index in [4.69, 9.17) is 0 Å². The number of nitrogens with one attached hydrogen (secondary N) is 1. The van der Waals surface area contributed by atoms with Crippen molar-refractivity contribution in [3.05, 3.63) is 21.6 Å². The first-order valence-electron chi connectivity index (χ1n) is 5.60. The van der Waals surface area contributed by atoms with E-state index in [0.29, 0.717) is 0 Å². The van der Waals surface area contributed by atoms with E-state index in [1.165, 1.54) is 6.08 Å². The zero-order valence-electron chi connectivity index (χ0n) is 9.88. The van der Waals surface area contributed by atoms with Crippen molar-refractivity contribution in [3.63, 3.8) is 0 Å². The van der Waals surface area contributed by atoms with Gasteiger partial charge in [0.05, 0.1) is 0 Å². The Kier molecular flexibility index (Phi) is 4.76. The molecule has 0 amide bonds. The third kappa shape index (κ3) is 3.81. The van der Waals surface area contributed by atoms with Gasteiger partial charge in [0.1, 0.15) is 0 Å².